The van der Waals surface area contributed by atoms with Crippen LogP contribution in [0.15, 0.2) is 29.3 Å². The lowest BCUT2D eigenvalue weighted by atomic mass is 9.83. The van der Waals surface area contributed by atoms with Crippen molar-refractivity contribution in [2.24, 2.45) is 10.4 Å². The molecule has 7 nitrogen and oxygen atoms in total. The molecule has 1 aromatic carbocycles. The number of rotatable bonds is 11. The van der Waals surface area contributed by atoms with Crippen molar-refractivity contribution in [3.8, 4) is 5.75 Å². The highest BCUT2D eigenvalue weighted by atomic mass is 16.5. The number of hydrogen-bond donors (Lipinski definition) is 3. The summed E-state index contributed by atoms with van der Waals surface area (Å²) in [6.07, 6.45) is 6.06. The summed E-state index contributed by atoms with van der Waals surface area (Å²) in [5.41, 5.74) is 0.883. The van der Waals surface area contributed by atoms with Crippen molar-refractivity contribution in [2.45, 2.75) is 39.0 Å². The molecule has 0 radical (unpaired) electrons. The lowest BCUT2D eigenvalue weighted by Crippen LogP contribution is -2.42. The van der Waals surface area contributed by atoms with Gasteiger partial charge in [0.25, 0.3) is 5.91 Å². The summed E-state index contributed by atoms with van der Waals surface area (Å²) < 4.78 is 10.4. The Labute approximate surface area is 174 Å². The van der Waals surface area contributed by atoms with Gasteiger partial charge in [0.15, 0.2) is 5.96 Å². The van der Waals surface area contributed by atoms with Crippen molar-refractivity contribution < 1.29 is 14.3 Å². The Hall–Kier alpha value is -2.28. The molecule has 0 spiro atoms. The third-order valence-corrected chi connectivity index (χ3v) is 5.47. The summed E-state index contributed by atoms with van der Waals surface area (Å²) >= 11 is 0. The van der Waals surface area contributed by atoms with Crippen LogP contribution in [-0.2, 0) is 4.74 Å². The Bertz CT molecular complexity index is 640. The fourth-order valence-electron chi connectivity index (χ4n) is 3.72. The van der Waals surface area contributed by atoms with Crippen molar-refractivity contribution in [3.63, 3.8) is 0 Å². The quantitative estimate of drug-likeness (QED) is 0.300. The van der Waals surface area contributed by atoms with Gasteiger partial charge in [-0.3, -0.25) is 9.79 Å². The Morgan fingerprint density at radius 1 is 1.07 bits per heavy atom. The van der Waals surface area contributed by atoms with Crippen LogP contribution in [0, 0.1) is 5.41 Å². The highest BCUT2D eigenvalue weighted by Crippen LogP contribution is 2.41. The van der Waals surface area contributed by atoms with Gasteiger partial charge in [0, 0.05) is 45.5 Å². The van der Waals surface area contributed by atoms with Gasteiger partial charge in [-0.1, -0.05) is 12.8 Å². The number of methoxy groups -OCH3 is 2. The zero-order valence-corrected chi connectivity index (χ0v) is 18.1. The van der Waals surface area contributed by atoms with Crippen LogP contribution >= 0.6 is 0 Å². The third kappa shape index (κ3) is 7.57. The van der Waals surface area contributed by atoms with E-state index in [0.717, 1.165) is 37.8 Å². The van der Waals surface area contributed by atoms with E-state index in [0.29, 0.717) is 18.7 Å². The van der Waals surface area contributed by atoms with Crippen LogP contribution < -0.4 is 20.7 Å². The lowest BCUT2D eigenvalue weighted by Gasteiger charge is -2.27. The number of guanidine groups is 1. The standard InChI is InChI=1S/C22H36N4O3/c1-4-23-21(26-17-22(13-16-28-2)11-5-6-12-22)25-15-14-24-20(27)18-7-9-19(29-3)10-8-18/h7-10H,4-6,11-17H2,1-3H3,(H,24,27)(H2,23,25,26). The monoisotopic (exact) mass is 404 g/mol. The van der Waals surface area contributed by atoms with Gasteiger partial charge >= 0.3 is 0 Å². The minimum atomic E-state index is -0.0964. The van der Waals surface area contributed by atoms with Gasteiger partial charge in [0.1, 0.15) is 5.75 Å². The fraction of sp³-hybridized carbons (Fsp3) is 0.636. The number of carbonyl (C=O) groups is 1. The highest BCUT2D eigenvalue weighted by Gasteiger charge is 2.33. The van der Waals surface area contributed by atoms with Gasteiger partial charge in [-0.25, -0.2) is 0 Å². The molecule has 0 aromatic heterocycles. The van der Waals surface area contributed by atoms with Crippen LogP contribution in [0.2, 0.25) is 0 Å². The number of ether oxygens (including phenoxy) is 2. The number of amides is 1. The van der Waals surface area contributed by atoms with Crippen molar-refractivity contribution in [3.05, 3.63) is 29.8 Å². The summed E-state index contributed by atoms with van der Waals surface area (Å²) in [6, 6.07) is 7.08. The molecule has 3 N–H and O–H groups in total. The molecule has 1 amide bonds. The van der Waals surface area contributed by atoms with E-state index in [1.54, 1.807) is 38.5 Å². The number of nitrogens with zero attached hydrogens (tertiary/aromatic N) is 1. The van der Waals surface area contributed by atoms with Crippen LogP contribution in [0.5, 0.6) is 5.75 Å². The summed E-state index contributed by atoms with van der Waals surface area (Å²) in [5, 5.41) is 9.53. The molecule has 0 heterocycles. The average Bonchev–Trinajstić information content (AvgIpc) is 3.22. The first-order valence-corrected chi connectivity index (χ1v) is 10.6. The van der Waals surface area contributed by atoms with Crippen molar-refractivity contribution in [2.75, 3.05) is 47.0 Å². The molecule has 1 fully saturated rings. The maximum atomic E-state index is 12.2. The summed E-state index contributed by atoms with van der Waals surface area (Å²) in [4.78, 5) is 17.0. The van der Waals surface area contributed by atoms with E-state index in [-0.39, 0.29) is 11.3 Å². The molecule has 1 saturated carbocycles. The molecular weight excluding hydrogens is 368 g/mol. The van der Waals surface area contributed by atoms with E-state index in [1.807, 2.05) is 0 Å². The summed E-state index contributed by atoms with van der Waals surface area (Å²) in [7, 11) is 3.37. The first kappa shape index (κ1) is 23.0. The SMILES string of the molecule is CCNC(=NCC1(CCOC)CCCC1)NCCNC(=O)c1ccc(OC)cc1. The smallest absolute Gasteiger partial charge is 0.251 e. The molecule has 0 unspecified atom stereocenters. The second-order valence-electron chi connectivity index (χ2n) is 7.56. The van der Waals surface area contributed by atoms with E-state index >= 15 is 0 Å². The maximum absolute atomic E-state index is 12.2. The molecule has 2 rings (SSSR count). The fourth-order valence-corrected chi connectivity index (χ4v) is 3.72. The second-order valence-corrected chi connectivity index (χ2v) is 7.56. The number of aliphatic imine (C=N–C) groups is 1. The first-order valence-electron chi connectivity index (χ1n) is 10.6. The molecule has 0 atom stereocenters. The molecule has 0 bridgehead atoms. The Morgan fingerprint density at radius 2 is 1.76 bits per heavy atom. The highest BCUT2D eigenvalue weighted by molar-refractivity contribution is 5.94. The number of benzene rings is 1. The van der Waals surface area contributed by atoms with Gasteiger partial charge in [-0.15, -0.1) is 0 Å². The van der Waals surface area contributed by atoms with Crippen LogP contribution in [-0.4, -0.2) is 58.9 Å². The van der Waals surface area contributed by atoms with E-state index in [2.05, 4.69) is 22.9 Å². The normalized spacial score (nSPS) is 15.8. The van der Waals surface area contributed by atoms with Crippen molar-refractivity contribution >= 4 is 11.9 Å². The molecule has 1 aromatic rings. The predicted octanol–water partition coefficient (Wildman–Crippen LogP) is 2.58. The molecule has 0 saturated heterocycles. The number of nitrogens with one attached hydrogen (secondary N) is 3. The van der Waals surface area contributed by atoms with E-state index in [9.17, 15) is 4.79 Å². The van der Waals surface area contributed by atoms with Crippen LogP contribution in [0.25, 0.3) is 0 Å². The number of hydrogen-bond acceptors (Lipinski definition) is 4. The Kier molecular flexibility index (Phi) is 9.77. The van der Waals surface area contributed by atoms with Crippen LogP contribution in [0.4, 0.5) is 0 Å². The zero-order valence-electron chi connectivity index (χ0n) is 18.1. The zero-order chi connectivity index (χ0) is 21.0. The Morgan fingerprint density at radius 3 is 2.38 bits per heavy atom. The summed E-state index contributed by atoms with van der Waals surface area (Å²) in [5.74, 6) is 1.44. The minimum absolute atomic E-state index is 0.0964. The molecule has 162 valence electrons. The second kappa shape index (κ2) is 12.3. The third-order valence-electron chi connectivity index (χ3n) is 5.47. The molecule has 1 aliphatic carbocycles. The van der Waals surface area contributed by atoms with Crippen LogP contribution in [0.1, 0.15) is 49.4 Å². The Balaban J connectivity index is 1.80. The predicted molar refractivity (Wildman–Crippen MR) is 117 cm³/mol. The lowest BCUT2D eigenvalue weighted by molar-refractivity contribution is 0.0954. The topological polar surface area (TPSA) is 84.0 Å². The first-order chi connectivity index (χ1) is 14.1. The van der Waals surface area contributed by atoms with E-state index in [4.69, 9.17) is 14.5 Å². The molecular formula is C22H36N4O3. The largest absolute Gasteiger partial charge is 0.497 e. The minimum Gasteiger partial charge on any atom is -0.497 e. The van der Waals surface area contributed by atoms with Gasteiger partial charge in [-0.2, -0.15) is 0 Å². The van der Waals surface area contributed by atoms with Gasteiger partial charge in [0.2, 0.25) is 0 Å². The van der Waals surface area contributed by atoms with Gasteiger partial charge in [-0.05, 0) is 55.9 Å². The number of carbonyl (C=O) groups excluding carboxylic acids is 1. The van der Waals surface area contributed by atoms with Crippen molar-refractivity contribution in [1.82, 2.24) is 16.0 Å². The van der Waals surface area contributed by atoms with Gasteiger partial charge in [0.05, 0.1) is 7.11 Å². The van der Waals surface area contributed by atoms with Gasteiger partial charge < -0.3 is 25.4 Å². The van der Waals surface area contributed by atoms with Crippen molar-refractivity contribution in [1.29, 1.82) is 0 Å². The van der Waals surface area contributed by atoms with E-state index < -0.39 is 0 Å². The molecule has 7 heteroatoms. The molecule has 29 heavy (non-hydrogen) atoms. The van der Waals surface area contributed by atoms with Crippen LogP contribution in [0.3, 0.4) is 0 Å². The molecule has 1 aliphatic rings. The van der Waals surface area contributed by atoms with E-state index in [1.165, 1.54) is 25.7 Å². The summed E-state index contributed by atoms with van der Waals surface area (Å²) in [6.45, 7) is 5.58. The molecule has 0 aliphatic heterocycles. The maximum Gasteiger partial charge on any atom is 0.251 e. The average molecular weight is 405 g/mol.